The summed E-state index contributed by atoms with van der Waals surface area (Å²) < 4.78 is 1.15. The molecule has 1 aliphatic heterocycles. The number of likely N-dealkylation sites (tertiary alicyclic amines) is 1. The van der Waals surface area contributed by atoms with E-state index in [0.29, 0.717) is 0 Å². The lowest BCUT2D eigenvalue weighted by Gasteiger charge is -2.39. The molecule has 2 fully saturated rings. The van der Waals surface area contributed by atoms with Crippen molar-refractivity contribution in [1.82, 2.24) is 4.90 Å². The van der Waals surface area contributed by atoms with Gasteiger partial charge in [-0.05, 0) is 55.0 Å². The van der Waals surface area contributed by atoms with Crippen molar-refractivity contribution < 1.29 is 0 Å². The minimum atomic E-state index is 0.788. The van der Waals surface area contributed by atoms with Gasteiger partial charge in [0.2, 0.25) is 0 Å². The van der Waals surface area contributed by atoms with Crippen molar-refractivity contribution in [2.75, 3.05) is 13.1 Å². The van der Waals surface area contributed by atoms with Crippen molar-refractivity contribution in [2.45, 2.75) is 63.8 Å². The molecule has 0 amide bonds. The molecule has 0 N–H and O–H groups in total. The van der Waals surface area contributed by atoms with Gasteiger partial charge in [-0.25, -0.2) is 0 Å². The van der Waals surface area contributed by atoms with Gasteiger partial charge in [-0.15, -0.1) is 0 Å². The van der Waals surface area contributed by atoms with Crippen LogP contribution >= 0.6 is 15.9 Å². The number of nitrogens with zero attached hydrogens (tertiary/aromatic N) is 1. The van der Waals surface area contributed by atoms with E-state index in [4.69, 9.17) is 0 Å². The fourth-order valence-corrected chi connectivity index (χ4v) is 4.79. The fraction of sp³-hybridized carbons (Fsp3) is 0.619. The Kier molecular flexibility index (Phi) is 6.36. The molecule has 1 saturated carbocycles. The summed E-state index contributed by atoms with van der Waals surface area (Å²) in [6.45, 7) is 6.67. The van der Waals surface area contributed by atoms with E-state index in [-0.39, 0.29) is 0 Å². The standard InChI is InChI=1S/C21H30BrN/c1-17(19-10-7-11-20(22)15-19)16-23-13-6-5-12-21(23)14-18-8-3-2-4-9-18/h7,10-11,15,18,21H,1-6,8-9,12-14,16H2. The van der Waals surface area contributed by atoms with Crippen molar-refractivity contribution in [3.05, 3.63) is 40.9 Å². The summed E-state index contributed by atoms with van der Waals surface area (Å²) in [5.74, 6) is 0.980. The molecule has 2 heteroatoms. The van der Waals surface area contributed by atoms with E-state index in [1.54, 1.807) is 0 Å². The summed E-state index contributed by atoms with van der Waals surface area (Å²) in [6, 6.07) is 9.37. The molecule has 1 unspecified atom stereocenters. The zero-order valence-corrected chi connectivity index (χ0v) is 15.9. The van der Waals surface area contributed by atoms with E-state index in [2.05, 4.69) is 51.7 Å². The first-order valence-electron chi connectivity index (χ1n) is 9.40. The van der Waals surface area contributed by atoms with Gasteiger partial charge in [0.25, 0.3) is 0 Å². The molecular formula is C21H30BrN. The van der Waals surface area contributed by atoms with Crippen molar-refractivity contribution in [1.29, 1.82) is 0 Å². The highest BCUT2D eigenvalue weighted by molar-refractivity contribution is 9.10. The highest BCUT2D eigenvalue weighted by Gasteiger charge is 2.26. The highest BCUT2D eigenvalue weighted by atomic mass is 79.9. The number of hydrogen-bond donors (Lipinski definition) is 0. The van der Waals surface area contributed by atoms with Crippen LogP contribution in [-0.2, 0) is 0 Å². The van der Waals surface area contributed by atoms with Gasteiger partial charge < -0.3 is 0 Å². The van der Waals surface area contributed by atoms with Crippen LogP contribution in [0.25, 0.3) is 5.57 Å². The molecule has 0 bridgehead atoms. The Bertz CT molecular complexity index is 518. The minimum Gasteiger partial charge on any atom is -0.296 e. The first kappa shape index (κ1) is 17.2. The van der Waals surface area contributed by atoms with Crippen molar-refractivity contribution in [3.8, 4) is 0 Å². The van der Waals surface area contributed by atoms with Gasteiger partial charge in [-0.1, -0.05) is 73.2 Å². The van der Waals surface area contributed by atoms with Crippen LogP contribution in [0.4, 0.5) is 0 Å². The van der Waals surface area contributed by atoms with Gasteiger partial charge in [-0.3, -0.25) is 4.90 Å². The van der Waals surface area contributed by atoms with Crippen molar-refractivity contribution in [2.24, 2.45) is 5.92 Å². The third kappa shape index (κ3) is 4.93. The Hall–Kier alpha value is -0.600. The van der Waals surface area contributed by atoms with Crippen LogP contribution in [-0.4, -0.2) is 24.0 Å². The SMILES string of the molecule is C=C(CN1CCCCC1CC1CCCCC1)c1cccc(Br)c1. The first-order chi connectivity index (χ1) is 11.2. The van der Waals surface area contributed by atoms with Gasteiger partial charge in [0, 0.05) is 17.1 Å². The van der Waals surface area contributed by atoms with E-state index in [0.717, 1.165) is 23.0 Å². The summed E-state index contributed by atoms with van der Waals surface area (Å²) in [5, 5.41) is 0. The average molecular weight is 376 g/mol. The summed E-state index contributed by atoms with van der Waals surface area (Å²) >= 11 is 3.58. The van der Waals surface area contributed by atoms with E-state index >= 15 is 0 Å². The number of rotatable bonds is 5. The molecule has 3 rings (SSSR count). The molecule has 2 aliphatic rings. The highest BCUT2D eigenvalue weighted by Crippen LogP contribution is 2.32. The Morgan fingerprint density at radius 3 is 2.65 bits per heavy atom. The fourth-order valence-electron chi connectivity index (χ4n) is 4.39. The van der Waals surface area contributed by atoms with Crippen molar-refractivity contribution in [3.63, 3.8) is 0 Å². The van der Waals surface area contributed by atoms with E-state index < -0.39 is 0 Å². The molecule has 23 heavy (non-hydrogen) atoms. The maximum atomic E-state index is 4.38. The second-order valence-electron chi connectivity index (χ2n) is 7.47. The minimum absolute atomic E-state index is 0.788. The lowest BCUT2D eigenvalue weighted by molar-refractivity contribution is 0.132. The Morgan fingerprint density at radius 2 is 1.87 bits per heavy atom. The molecule has 1 aliphatic carbocycles. The number of piperidine rings is 1. The molecule has 1 heterocycles. The monoisotopic (exact) mass is 375 g/mol. The predicted octanol–water partition coefficient (Wildman–Crippen LogP) is 6.29. The molecule has 1 aromatic rings. The second-order valence-corrected chi connectivity index (χ2v) is 8.39. The number of hydrogen-bond acceptors (Lipinski definition) is 1. The molecular weight excluding hydrogens is 346 g/mol. The van der Waals surface area contributed by atoms with Gasteiger partial charge in [-0.2, -0.15) is 0 Å². The quantitative estimate of drug-likeness (QED) is 0.584. The lowest BCUT2D eigenvalue weighted by atomic mass is 9.82. The van der Waals surface area contributed by atoms with Crippen LogP contribution in [0.5, 0.6) is 0 Å². The van der Waals surface area contributed by atoms with Gasteiger partial charge in [0.15, 0.2) is 0 Å². The molecule has 0 radical (unpaired) electrons. The molecule has 0 aromatic heterocycles. The third-order valence-electron chi connectivity index (χ3n) is 5.71. The Labute approximate surface area is 150 Å². The van der Waals surface area contributed by atoms with Gasteiger partial charge >= 0.3 is 0 Å². The first-order valence-corrected chi connectivity index (χ1v) is 10.2. The zero-order chi connectivity index (χ0) is 16.1. The normalized spacial score (nSPS) is 23.8. The van der Waals surface area contributed by atoms with E-state index in [1.807, 2.05) is 0 Å². The van der Waals surface area contributed by atoms with E-state index in [1.165, 1.54) is 75.5 Å². The molecule has 1 nitrogen and oxygen atoms in total. The van der Waals surface area contributed by atoms with Gasteiger partial charge in [0.1, 0.15) is 0 Å². The smallest absolute Gasteiger partial charge is 0.0236 e. The maximum absolute atomic E-state index is 4.38. The van der Waals surface area contributed by atoms with Crippen LogP contribution in [0.1, 0.15) is 63.4 Å². The lowest BCUT2D eigenvalue weighted by Crippen LogP contribution is -2.41. The summed E-state index contributed by atoms with van der Waals surface area (Å²) in [6.07, 6.45) is 12.9. The Morgan fingerprint density at radius 1 is 1.09 bits per heavy atom. The van der Waals surface area contributed by atoms with Crippen LogP contribution in [0.3, 0.4) is 0 Å². The van der Waals surface area contributed by atoms with Gasteiger partial charge in [0.05, 0.1) is 0 Å². The number of benzene rings is 1. The predicted molar refractivity (Wildman–Crippen MR) is 104 cm³/mol. The zero-order valence-electron chi connectivity index (χ0n) is 14.3. The van der Waals surface area contributed by atoms with Crippen LogP contribution in [0, 0.1) is 5.92 Å². The van der Waals surface area contributed by atoms with Crippen LogP contribution in [0.15, 0.2) is 35.3 Å². The summed E-state index contributed by atoms with van der Waals surface area (Å²) in [4.78, 5) is 2.72. The topological polar surface area (TPSA) is 3.24 Å². The average Bonchev–Trinajstić information content (AvgIpc) is 2.57. The third-order valence-corrected chi connectivity index (χ3v) is 6.20. The largest absolute Gasteiger partial charge is 0.296 e. The Balaban J connectivity index is 1.60. The summed E-state index contributed by atoms with van der Waals surface area (Å²) in [5.41, 5.74) is 2.54. The molecule has 1 aromatic carbocycles. The second kappa shape index (κ2) is 8.48. The summed E-state index contributed by atoms with van der Waals surface area (Å²) in [7, 11) is 0. The molecule has 126 valence electrons. The molecule has 1 atom stereocenters. The van der Waals surface area contributed by atoms with E-state index in [9.17, 15) is 0 Å². The van der Waals surface area contributed by atoms with Crippen LogP contribution < -0.4 is 0 Å². The molecule has 0 spiro atoms. The molecule has 1 saturated heterocycles. The van der Waals surface area contributed by atoms with Crippen molar-refractivity contribution >= 4 is 21.5 Å². The maximum Gasteiger partial charge on any atom is 0.0236 e. The van der Waals surface area contributed by atoms with Crippen LogP contribution in [0.2, 0.25) is 0 Å². The number of halogens is 1.